The van der Waals surface area contributed by atoms with E-state index in [2.05, 4.69) is 0 Å². The van der Waals surface area contributed by atoms with Gasteiger partial charge >= 0.3 is 12.1 Å². The van der Waals surface area contributed by atoms with E-state index in [0.29, 0.717) is 12.4 Å². The Morgan fingerprint density at radius 2 is 1.89 bits per heavy atom. The van der Waals surface area contributed by atoms with Gasteiger partial charge in [0, 0.05) is 13.6 Å². The molecular weight excluding hydrogens is 234 g/mol. The molecule has 0 aliphatic heterocycles. The van der Waals surface area contributed by atoms with E-state index >= 15 is 0 Å². The quantitative estimate of drug-likeness (QED) is 0.752. The van der Waals surface area contributed by atoms with E-state index in [4.69, 9.17) is 9.47 Å². The molecule has 0 atom stereocenters. The molecule has 0 spiro atoms. The third-order valence-corrected chi connectivity index (χ3v) is 2.22. The molecule has 0 N–H and O–H groups in total. The summed E-state index contributed by atoms with van der Waals surface area (Å²) in [5, 5.41) is 0. The van der Waals surface area contributed by atoms with Crippen molar-refractivity contribution >= 4 is 12.1 Å². The molecule has 0 saturated carbocycles. The zero-order valence-corrected chi connectivity index (χ0v) is 10.6. The number of nitrogens with zero attached hydrogens (tertiary/aromatic N) is 1. The normalized spacial score (nSPS) is 9.67. The lowest BCUT2D eigenvalue weighted by Crippen LogP contribution is -2.31. The van der Waals surface area contributed by atoms with Gasteiger partial charge in [-0.3, -0.25) is 4.79 Å². The number of hydrogen-bond donors (Lipinski definition) is 0. The maximum Gasteiger partial charge on any atom is 0.414 e. The van der Waals surface area contributed by atoms with E-state index in [1.807, 2.05) is 6.07 Å². The van der Waals surface area contributed by atoms with Crippen molar-refractivity contribution in [2.45, 2.75) is 13.3 Å². The molecule has 5 nitrogen and oxygen atoms in total. The summed E-state index contributed by atoms with van der Waals surface area (Å²) in [6, 6.07) is 8.78. The van der Waals surface area contributed by atoms with Crippen LogP contribution >= 0.6 is 0 Å². The molecule has 1 aromatic rings. The van der Waals surface area contributed by atoms with Crippen LogP contribution in [0.1, 0.15) is 13.3 Å². The van der Waals surface area contributed by atoms with Crippen molar-refractivity contribution in [3.05, 3.63) is 30.3 Å². The van der Waals surface area contributed by atoms with Gasteiger partial charge in [-0.05, 0) is 19.1 Å². The Balaban J connectivity index is 2.35. The van der Waals surface area contributed by atoms with Crippen LogP contribution in [0, 0.1) is 0 Å². The van der Waals surface area contributed by atoms with Crippen molar-refractivity contribution in [2.75, 3.05) is 20.2 Å². The van der Waals surface area contributed by atoms with Gasteiger partial charge in [-0.2, -0.15) is 0 Å². The fourth-order valence-electron chi connectivity index (χ4n) is 1.25. The minimum Gasteiger partial charge on any atom is -0.466 e. The van der Waals surface area contributed by atoms with Crippen LogP contribution in [-0.2, 0) is 9.53 Å². The predicted molar refractivity (Wildman–Crippen MR) is 66.3 cm³/mol. The lowest BCUT2D eigenvalue weighted by molar-refractivity contribution is -0.143. The van der Waals surface area contributed by atoms with Gasteiger partial charge < -0.3 is 14.4 Å². The first-order valence-electron chi connectivity index (χ1n) is 5.77. The second-order valence-electron chi connectivity index (χ2n) is 3.66. The van der Waals surface area contributed by atoms with Crippen molar-refractivity contribution < 1.29 is 19.1 Å². The van der Waals surface area contributed by atoms with Crippen LogP contribution in [0.3, 0.4) is 0 Å². The molecular formula is C13H17NO4. The van der Waals surface area contributed by atoms with E-state index in [9.17, 15) is 9.59 Å². The van der Waals surface area contributed by atoms with Gasteiger partial charge in [0.1, 0.15) is 5.75 Å². The van der Waals surface area contributed by atoms with Gasteiger partial charge in [0.25, 0.3) is 0 Å². The van der Waals surface area contributed by atoms with E-state index < -0.39 is 6.09 Å². The summed E-state index contributed by atoms with van der Waals surface area (Å²) in [7, 11) is 1.57. The third-order valence-electron chi connectivity index (χ3n) is 2.22. The lowest BCUT2D eigenvalue weighted by atomic mass is 10.3. The van der Waals surface area contributed by atoms with Gasteiger partial charge in [0.05, 0.1) is 13.0 Å². The molecule has 1 rings (SSSR count). The summed E-state index contributed by atoms with van der Waals surface area (Å²) in [5.41, 5.74) is 0. The molecule has 5 heteroatoms. The first kappa shape index (κ1) is 14.0. The van der Waals surface area contributed by atoms with Crippen molar-refractivity contribution in [1.29, 1.82) is 0 Å². The largest absolute Gasteiger partial charge is 0.466 e. The van der Waals surface area contributed by atoms with Gasteiger partial charge in [-0.15, -0.1) is 0 Å². The summed E-state index contributed by atoms with van der Waals surface area (Å²) in [5.74, 6) is 0.155. The molecule has 0 fully saturated rings. The fraction of sp³-hybridized carbons (Fsp3) is 0.385. The summed E-state index contributed by atoms with van der Waals surface area (Å²) in [6.07, 6.45) is -0.334. The summed E-state index contributed by atoms with van der Waals surface area (Å²) < 4.78 is 9.88. The van der Waals surface area contributed by atoms with Crippen molar-refractivity contribution in [3.8, 4) is 5.75 Å². The smallest absolute Gasteiger partial charge is 0.414 e. The molecule has 0 unspecified atom stereocenters. The molecule has 0 aliphatic carbocycles. The topological polar surface area (TPSA) is 55.8 Å². The number of rotatable bonds is 5. The molecule has 0 bridgehead atoms. The first-order valence-corrected chi connectivity index (χ1v) is 5.77. The predicted octanol–water partition coefficient (Wildman–Crippen LogP) is 2.07. The highest BCUT2D eigenvalue weighted by Crippen LogP contribution is 2.09. The van der Waals surface area contributed by atoms with Gasteiger partial charge in [-0.1, -0.05) is 18.2 Å². The van der Waals surface area contributed by atoms with Crippen molar-refractivity contribution in [3.63, 3.8) is 0 Å². The first-order chi connectivity index (χ1) is 8.63. The Kier molecular flexibility index (Phi) is 5.70. The van der Waals surface area contributed by atoms with Crippen LogP contribution in [0.4, 0.5) is 4.79 Å². The number of amides is 1. The number of carbonyl (C=O) groups excluding carboxylic acids is 2. The molecule has 98 valence electrons. The molecule has 1 amide bonds. The Labute approximate surface area is 106 Å². The second kappa shape index (κ2) is 7.32. The number of ether oxygens (including phenoxy) is 2. The van der Waals surface area contributed by atoms with Gasteiger partial charge in [-0.25, -0.2) is 4.79 Å². The molecule has 0 saturated heterocycles. The molecule has 1 aromatic carbocycles. The van der Waals surface area contributed by atoms with Crippen molar-refractivity contribution in [2.24, 2.45) is 0 Å². The Morgan fingerprint density at radius 3 is 2.50 bits per heavy atom. The van der Waals surface area contributed by atoms with Gasteiger partial charge in [0.2, 0.25) is 0 Å². The number of carbonyl (C=O) groups is 2. The van der Waals surface area contributed by atoms with Crippen LogP contribution < -0.4 is 4.74 Å². The highest BCUT2D eigenvalue weighted by molar-refractivity contribution is 5.73. The Hall–Kier alpha value is -2.04. The summed E-state index contributed by atoms with van der Waals surface area (Å²) in [6.45, 7) is 2.35. The minimum absolute atomic E-state index is 0.161. The molecule has 0 heterocycles. The lowest BCUT2D eigenvalue weighted by Gasteiger charge is -2.16. The van der Waals surface area contributed by atoms with Gasteiger partial charge in [0.15, 0.2) is 0 Å². The average molecular weight is 251 g/mol. The molecule has 0 aliphatic rings. The summed E-state index contributed by atoms with van der Waals surface area (Å²) >= 11 is 0. The minimum atomic E-state index is -0.495. The maximum atomic E-state index is 11.6. The molecule has 0 radical (unpaired) electrons. The zero-order chi connectivity index (χ0) is 13.4. The molecule has 18 heavy (non-hydrogen) atoms. The summed E-state index contributed by atoms with van der Waals surface area (Å²) in [4.78, 5) is 24.1. The highest BCUT2D eigenvalue weighted by Gasteiger charge is 2.12. The third kappa shape index (κ3) is 4.86. The monoisotopic (exact) mass is 251 g/mol. The van der Waals surface area contributed by atoms with Crippen LogP contribution in [0.25, 0.3) is 0 Å². The average Bonchev–Trinajstić information content (AvgIpc) is 2.37. The molecule has 0 aromatic heterocycles. The maximum absolute atomic E-state index is 11.6. The number of benzene rings is 1. The van der Waals surface area contributed by atoms with Crippen molar-refractivity contribution in [1.82, 2.24) is 4.90 Å². The second-order valence-corrected chi connectivity index (χ2v) is 3.66. The van der Waals surface area contributed by atoms with Crippen LogP contribution in [0.15, 0.2) is 30.3 Å². The van der Waals surface area contributed by atoms with Crippen LogP contribution in [0.5, 0.6) is 5.75 Å². The van der Waals surface area contributed by atoms with E-state index in [1.165, 1.54) is 4.90 Å². The number of para-hydroxylation sites is 1. The Morgan fingerprint density at radius 1 is 1.22 bits per heavy atom. The highest BCUT2D eigenvalue weighted by atomic mass is 16.6. The van der Waals surface area contributed by atoms with E-state index in [0.717, 1.165) is 0 Å². The van der Waals surface area contributed by atoms with E-state index in [-0.39, 0.29) is 18.9 Å². The SMILES string of the molecule is CCOC(=O)CCN(C)C(=O)Oc1ccccc1. The van der Waals surface area contributed by atoms with Crippen LogP contribution in [-0.4, -0.2) is 37.2 Å². The standard InChI is InChI=1S/C13H17NO4/c1-3-17-12(15)9-10-14(2)13(16)18-11-7-5-4-6-8-11/h4-8H,3,9-10H2,1-2H3. The number of hydrogen-bond acceptors (Lipinski definition) is 4. The fourth-order valence-corrected chi connectivity index (χ4v) is 1.25. The number of esters is 1. The Bertz CT molecular complexity index is 391. The van der Waals surface area contributed by atoms with Crippen LogP contribution in [0.2, 0.25) is 0 Å². The zero-order valence-electron chi connectivity index (χ0n) is 10.6. The van der Waals surface area contributed by atoms with E-state index in [1.54, 1.807) is 38.2 Å².